The van der Waals surface area contributed by atoms with E-state index in [2.05, 4.69) is 9.97 Å². The molecule has 0 unspecified atom stereocenters. The molecule has 2 aromatic heterocycles. The summed E-state index contributed by atoms with van der Waals surface area (Å²) in [6.07, 6.45) is 4.16. The van der Waals surface area contributed by atoms with Gasteiger partial charge in [0.05, 0.1) is 18.1 Å². The Bertz CT molecular complexity index is 593. The lowest BCUT2D eigenvalue weighted by molar-refractivity contribution is -0.131. The summed E-state index contributed by atoms with van der Waals surface area (Å²) in [6, 6.07) is 5.19. The second kappa shape index (κ2) is 4.61. The smallest absolute Gasteiger partial charge is 0.328 e. The fourth-order valence-corrected chi connectivity index (χ4v) is 1.44. The highest BCUT2D eigenvalue weighted by atomic mass is 16.5. The van der Waals surface area contributed by atoms with Gasteiger partial charge in [-0.3, -0.25) is 4.98 Å². The van der Waals surface area contributed by atoms with E-state index in [9.17, 15) is 4.79 Å². The van der Waals surface area contributed by atoms with Crippen LogP contribution in [0.3, 0.4) is 0 Å². The lowest BCUT2D eigenvalue weighted by Gasteiger charge is -2.03. The van der Waals surface area contributed by atoms with E-state index in [4.69, 9.17) is 9.84 Å². The predicted octanol–water partition coefficient (Wildman–Crippen LogP) is 1.74. The molecule has 2 heterocycles. The highest BCUT2D eigenvalue weighted by Gasteiger charge is 2.03. The standard InChI is InChI=1S/C12H10N2O3/c1-17-10-4-3-9-12(14-10)8(6-7-13-9)2-5-11(15)16/h2-7H,1H3,(H,15,16). The third-order valence-electron chi connectivity index (χ3n) is 2.20. The third kappa shape index (κ3) is 2.39. The van der Waals surface area contributed by atoms with Crippen LogP contribution in [0.4, 0.5) is 0 Å². The van der Waals surface area contributed by atoms with Gasteiger partial charge in [0.15, 0.2) is 0 Å². The Morgan fingerprint density at radius 1 is 1.41 bits per heavy atom. The summed E-state index contributed by atoms with van der Waals surface area (Å²) in [5.41, 5.74) is 2.00. The van der Waals surface area contributed by atoms with Crippen LogP contribution in [0.1, 0.15) is 5.56 Å². The minimum atomic E-state index is -1.00. The van der Waals surface area contributed by atoms with E-state index >= 15 is 0 Å². The number of carbonyl (C=O) groups is 1. The normalized spacial score (nSPS) is 10.9. The number of aliphatic carboxylic acids is 1. The molecule has 0 saturated carbocycles. The minimum absolute atomic E-state index is 0.468. The fraction of sp³-hybridized carbons (Fsp3) is 0.0833. The molecule has 5 heteroatoms. The number of pyridine rings is 2. The zero-order valence-corrected chi connectivity index (χ0v) is 9.12. The molecule has 0 bridgehead atoms. The summed E-state index contributed by atoms with van der Waals surface area (Å²) in [7, 11) is 1.53. The molecule has 2 aromatic rings. The molecular weight excluding hydrogens is 220 g/mol. The Morgan fingerprint density at radius 3 is 2.94 bits per heavy atom. The van der Waals surface area contributed by atoms with E-state index in [1.165, 1.54) is 13.2 Å². The van der Waals surface area contributed by atoms with E-state index in [0.717, 1.165) is 6.08 Å². The van der Waals surface area contributed by atoms with Gasteiger partial charge in [-0.1, -0.05) is 0 Å². The molecule has 0 saturated heterocycles. The maximum absolute atomic E-state index is 10.5. The van der Waals surface area contributed by atoms with Crippen molar-refractivity contribution in [3.63, 3.8) is 0 Å². The first-order valence-electron chi connectivity index (χ1n) is 4.91. The van der Waals surface area contributed by atoms with Crippen molar-refractivity contribution in [2.45, 2.75) is 0 Å². The number of carboxylic acids is 1. The first-order chi connectivity index (χ1) is 8.20. The Hall–Kier alpha value is -2.43. The minimum Gasteiger partial charge on any atom is -0.481 e. The van der Waals surface area contributed by atoms with Gasteiger partial charge in [-0.15, -0.1) is 0 Å². The second-order valence-electron chi connectivity index (χ2n) is 3.29. The number of ether oxygens (including phenoxy) is 1. The van der Waals surface area contributed by atoms with E-state index in [1.807, 2.05) is 0 Å². The van der Waals surface area contributed by atoms with Crippen molar-refractivity contribution in [1.29, 1.82) is 0 Å². The molecule has 17 heavy (non-hydrogen) atoms. The molecule has 0 radical (unpaired) electrons. The highest BCUT2D eigenvalue weighted by molar-refractivity contribution is 5.90. The van der Waals surface area contributed by atoms with Crippen LogP contribution in [0.15, 0.2) is 30.5 Å². The SMILES string of the molecule is COc1ccc2nccc(C=CC(=O)O)c2n1. The average Bonchev–Trinajstić information content (AvgIpc) is 2.35. The van der Waals surface area contributed by atoms with Gasteiger partial charge in [0.2, 0.25) is 5.88 Å². The van der Waals surface area contributed by atoms with E-state index in [1.54, 1.807) is 24.4 Å². The molecule has 5 nitrogen and oxygen atoms in total. The van der Waals surface area contributed by atoms with Crippen LogP contribution >= 0.6 is 0 Å². The van der Waals surface area contributed by atoms with Crippen LogP contribution in [0.5, 0.6) is 5.88 Å². The maximum atomic E-state index is 10.5. The van der Waals surface area contributed by atoms with Crippen molar-refractivity contribution in [1.82, 2.24) is 9.97 Å². The predicted molar refractivity (Wildman–Crippen MR) is 62.8 cm³/mol. The summed E-state index contributed by atoms with van der Waals surface area (Å²) in [6.45, 7) is 0. The number of fused-ring (bicyclic) bond motifs is 1. The van der Waals surface area contributed by atoms with Gasteiger partial charge >= 0.3 is 5.97 Å². The van der Waals surface area contributed by atoms with Crippen LogP contribution in [0.25, 0.3) is 17.1 Å². The zero-order valence-electron chi connectivity index (χ0n) is 9.12. The molecule has 0 amide bonds. The van der Waals surface area contributed by atoms with Crippen molar-refractivity contribution in [2.24, 2.45) is 0 Å². The molecule has 1 N–H and O–H groups in total. The maximum Gasteiger partial charge on any atom is 0.328 e. The first kappa shape index (κ1) is 11.1. The first-order valence-corrected chi connectivity index (χ1v) is 4.91. The lowest BCUT2D eigenvalue weighted by Crippen LogP contribution is -1.92. The zero-order chi connectivity index (χ0) is 12.3. The topological polar surface area (TPSA) is 72.3 Å². The van der Waals surface area contributed by atoms with Crippen LogP contribution in [0, 0.1) is 0 Å². The Morgan fingerprint density at radius 2 is 2.24 bits per heavy atom. The summed E-state index contributed by atoms with van der Waals surface area (Å²) in [5, 5.41) is 8.60. The van der Waals surface area contributed by atoms with Crippen molar-refractivity contribution in [3.05, 3.63) is 36.0 Å². The van der Waals surface area contributed by atoms with Gasteiger partial charge in [-0.2, -0.15) is 0 Å². The summed E-state index contributed by atoms with van der Waals surface area (Å²) in [5.74, 6) is -0.534. The fourth-order valence-electron chi connectivity index (χ4n) is 1.44. The van der Waals surface area contributed by atoms with Crippen LogP contribution in [-0.2, 0) is 4.79 Å². The van der Waals surface area contributed by atoms with Gasteiger partial charge in [0.1, 0.15) is 0 Å². The molecule has 0 aromatic carbocycles. The van der Waals surface area contributed by atoms with Gasteiger partial charge in [-0.05, 0) is 18.2 Å². The Kier molecular flexibility index (Phi) is 3.00. The quantitative estimate of drug-likeness (QED) is 0.813. The summed E-state index contributed by atoms with van der Waals surface area (Å²) in [4.78, 5) is 18.9. The van der Waals surface area contributed by atoms with Gasteiger partial charge < -0.3 is 9.84 Å². The summed E-state index contributed by atoms with van der Waals surface area (Å²) >= 11 is 0. The molecule has 0 aliphatic carbocycles. The van der Waals surface area contributed by atoms with Crippen LogP contribution in [-0.4, -0.2) is 28.2 Å². The largest absolute Gasteiger partial charge is 0.481 e. The van der Waals surface area contributed by atoms with E-state index in [-0.39, 0.29) is 0 Å². The van der Waals surface area contributed by atoms with Gasteiger partial charge in [0.25, 0.3) is 0 Å². The monoisotopic (exact) mass is 230 g/mol. The molecule has 86 valence electrons. The number of hydrogen-bond donors (Lipinski definition) is 1. The molecule has 0 fully saturated rings. The van der Waals surface area contributed by atoms with Crippen molar-refractivity contribution < 1.29 is 14.6 Å². The van der Waals surface area contributed by atoms with Crippen molar-refractivity contribution in [2.75, 3.05) is 7.11 Å². The average molecular weight is 230 g/mol. The highest BCUT2D eigenvalue weighted by Crippen LogP contribution is 2.19. The number of nitrogens with zero attached hydrogens (tertiary/aromatic N) is 2. The number of methoxy groups -OCH3 is 1. The van der Waals surface area contributed by atoms with E-state index in [0.29, 0.717) is 22.5 Å². The number of aromatic nitrogens is 2. The number of hydrogen-bond acceptors (Lipinski definition) is 4. The third-order valence-corrected chi connectivity index (χ3v) is 2.20. The van der Waals surface area contributed by atoms with Gasteiger partial charge in [-0.25, -0.2) is 9.78 Å². The Balaban J connectivity index is 2.58. The lowest BCUT2D eigenvalue weighted by atomic mass is 10.2. The van der Waals surface area contributed by atoms with Crippen LogP contribution < -0.4 is 4.74 Å². The molecule has 0 atom stereocenters. The number of carboxylic acid groups (broad SMARTS) is 1. The van der Waals surface area contributed by atoms with Crippen molar-refractivity contribution in [3.8, 4) is 5.88 Å². The molecule has 2 rings (SSSR count). The molecule has 0 spiro atoms. The molecular formula is C12H10N2O3. The van der Waals surface area contributed by atoms with E-state index < -0.39 is 5.97 Å². The summed E-state index contributed by atoms with van der Waals surface area (Å²) < 4.78 is 5.02. The number of rotatable bonds is 3. The van der Waals surface area contributed by atoms with Crippen LogP contribution in [0.2, 0.25) is 0 Å². The molecule has 0 aliphatic heterocycles. The molecule has 0 aliphatic rings. The second-order valence-corrected chi connectivity index (χ2v) is 3.29. The Labute approximate surface area is 97.4 Å². The van der Waals surface area contributed by atoms with Gasteiger partial charge in [0, 0.05) is 23.9 Å². The van der Waals surface area contributed by atoms with Crippen molar-refractivity contribution >= 4 is 23.1 Å².